The van der Waals surface area contributed by atoms with Crippen LogP contribution in [-0.2, 0) is 25.7 Å². The van der Waals surface area contributed by atoms with Crippen LogP contribution in [0.4, 0.5) is 0 Å². The van der Waals surface area contributed by atoms with Crippen LogP contribution in [0.5, 0.6) is 0 Å². The van der Waals surface area contributed by atoms with Crippen LogP contribution in [0.2, 0.25) is 0 Å². The Labute approximate surface area is 161 Å². The minimum atomic E-state index is -2.33. The number of amides is 1. The molecule has 2 rings (SSSR count). The van der Waals surface area contributed by atoms with Crippen molar-refractivity contribution in [2.45, 2.75) is 56.2 Å². The number of carboxylic acids is 1. The number of rotatable bonds is 8. The van der Waals surface area contributed by atoms with E-state index in [-0.39, 0.29) is 6.61 Å². The Morgan fingerprint density at radius 3 is 2.50 bits per heavy atom. The SMILES string of the molecule is CC(=O)N[C@H]1[C@H]([C@@H](O)[C@H](O)CO)O[C@](OCc2ccccc2)(C(=O)O)C[C@@H]1O. The zero-order valence-electron chi connectivity index (χ0n) is 15.3. The third kappa shape index (κ3) is 5.04. The fourth-order valence-corrected chi connectivity index (χ4v) is 3.05. The predicted octanol–water partition coefficient (Wildman–Crippen LogP) is -1.65. The van der Waals surface area contributed by atoms with Crippen LogP contribution >= 0.6 is 0 Å². The smallest absolute Gasteiger partial charge is 0.364 e. The first kappa shape index (κ1) is 22.2. The second-order valence-corrected chi connectivity index (χ2v) is 6.65. The number of ether oxygens (including phenoxy) is 2. The molecule has 1 aromatic carbocycles. The van der Waals surface area contributed by atoms with Gasteiger partial charge in [0.05, 0.1) is 25.4 Å². The molecule has 1 aliphatic heterocycles. The van der Waals surface area contributed by atoms with E-state index < -0.39 is 61.1 Å². The molecule has 1 saturated heterocycles. The van der Waals surface area contributed by atoms with E-state index in [1.807, 2.05) is 0 Å². The lowest BCUT2D eigenvalue weighted by Gasteiger charge is -2.46. The molecule has 1 heterocycles. The maximum Gasteiger partial charge on any atom is 0.364 e. The number of carbonyl (C=O) groups is 2. The van der Waals surface area contributed by atoms with E-state index in [2.05, 4.69) is 5.32 Å². The number of carbonyl (C=O) groups excluding carboxylic acids is 1. The summed E-state index contributed by atoms with van der Waals surface area (Å²) in [5.74, 6) is -4.43. The molecule has 10 nitrogen and oxygen atoms in total. The van der Waals surface area contributed by atoms with Crippen molar-refractivity contribution in [1.29, 1.82) is 0 Å². The van der Waals surface area contributed by atoms with Crippen molar-refractivity contribution in [2.75, 3.05) is 6.61 Å². The van der Waals surface area contributed by atoms with Gasteiger partial charge in [0.25, 0.3) is 5.79 Å². The second kappa shape index (κ2) is 9.41. The molecule has 28 heavy (non-hydrogen) atoms. The van der Waals surface area contributed by atoms with E-state index in [1.54, 1.807) is 30.3 Å². The van der Waals surface area contributed by atoms with Gasteiger partial charge < -0.3 is 40.3 Å². The summed E-state index contributed by atoms with van der Waals surface area (Å²) in [6.07, 6.45) is -7.03. The highest BCUT2D eigenvalue weighted by molar-refractivity contribution is 5.76. The highest BCUT2D eigenvalue weighted by atomic mass is 16.7. The molecule has 0 radical (unpaired) electrons. The highest BCUT2D eigenvalue weighted by Crippen LogP contribution is 2.34. The fourth-order valence-electron chi connectivity index (χ4n) is 3.05. The minimum Gasteiger partial charge on any atom is -0.477 e. The van der Waals surface area contributed by atoms with Crippen molar-refractivity contribution in [2.24, 2.45) is 0 Å². The number of aliphatic hydroxyl groups is 4. The van der Waals surface area contributed by atoms with Gasteiger partial charge in [-0.1, -0.05) is 30.3 Å². The summed E-state index contributed by atoms with van der Waals surface area (Å²) in [5.41, 5.74) is 0.651. The van der Waals surface area contributed by atoms with Crippen molar-refractivity contribution in [3.8, 4) is 0 Å². The van der Waals surface area contributed by atoms with Crippen LogP contribution in [0.1, 0.15) is 18.9 Å². The van der Waals surface area contributed by atoms with Crippen LogP contribution in [0.15, 0.2) is 30.3 Å². The van der Waals surface area contributed by atoms with Gasteiger partial charge >= 0.3 is 5.97 Å². The van der Waals surface area contributed by atoms with Gasteiger partial charge in [-0.3, -0.25) is 4.79 Å². The average Bonchev–Trinajstić information content (AvgIpc) is 2.67. The van der Waals surface area contributed by atoms with E-state index in [1.165, 1.54) is 6.92 Å². The minimum absolute atomic E-state index is 0.157. The van der Waals surface area contributed by atoms with E-state index in [4.69, 9.17) is 14.6 Å². The number of aliphatic carboxylic acids is 1. The summed E-state index contributed by atoms with van der Waals surface area (Å²) in [4.78, 5) is 23.4. The first-order chi connectivity index (χ1) is 13.2. The van der Waals surface area contributed by atoms with Crippen LogP contribution in [0.25, 0.3) is 0 Å². The summed E-state index contributed by atoms with van der Waals surface area (Å²) in [5, 5.41) is 51.7. The number of benzene rings is 1. The summed E-state index contributed by atoms with van der Waals surface area (Å²) < 4.78 is 11.0. The third-order valence-corrected chi connectivity index (χ3v) is 4.50. The van der Waals surface area contributed by atoms with Gasteiger partial charge in [0.1, 0.15) is 18.3 Å². The number of aliphatic hydroxyl groups excluding tert-OH is 4. The molecule has 1 aromatic rings. The normalized spacial score (nSPS) is 29.7. The van der Waals surface area contributed by atoms with Crippen LogP contribution in [0, 0.1) is 0 Å². The number of carboxylic acid groups (broad SMARTS) is 1. The topological polar surface area (TPSA) is 166 Å². The highest BCUT2D eigenvalue weighted by Gasteiger charge is 2.55. The van der Waals surface area contributed by atoms with E-state index in [0.29, 0.717) is 5.56 Å². The lowest BCUT2D eigenvalue weighted by molar-refractivity contribution is -0.314. The Morgan fingerprint density at radius 2 is 1.96 bits per heavy atom. The summed E-state index contributed by atoms with van der Waals surface area (Å²) >= 11 is 0. The van der Waals surface area contributed by atoms with E-state index in [9.17, 15) is 30.0 Å². The maximum absolute atomic E-state index is 11.9. The molecule has 10 heteroatoms. The quantitative estimate of drug-likeness (QED) is 0.300. The van der Waals surface area contributed by atoms with Crippen molar-refractivity contribution < 1.29 is 44.6 Å². The van der Waals surface area contributed by atoms with Gasteiger partial charge in [0, 0.05) is 13.3 Å². The molecule has 0 unspecified atom stereocenters. The van der Waals surface area contributed by atoms with Crippen LogP contribution in [0.3, 0.4) is 0 Å². The van der Waals surface area contributed by atoms with Crippen LogP contribution < -0.4 is 5.32 Å². The summed E-state index contributed by atoms with van der Waals surface area (Å²) in [6.45, 7) is 0.175. The van der Waals surface area contributed by atoms with E-state index >= 15 is 0 Å². The standard InChI is InChI=1S/C18H25NO9/c1-10(21)19-14-12(22)7-18(17(25)26,27-9-11-5-3-2-4-6-11)28-16(14)15(24)13(23)8-20/h2-6,12-16,20,22-24H,7-9H2,1H3,(H,19,21)(H,25,26)/t12-,13+,14+,15-,16+,18-/m0/s1. The average molecular weight is 399 g/mol. The van der Waals surface area contributed by atoms with Crippen molar-refractivity contribution in [3.63, 3.8) is 0 Å². The lowest BCUT2D eigenvalue weighted by Crippen LogP contribution is -2.67. The molecular weight excluding hydrogens is 374 g/mol. The summed E-state index contributed by atoms with van der Waals surface area (Å²) in [7, 11) is 0. The van der Waals surface area contributed by atoms with E-state index in [0.717, 1.165) is 0 Å². The van der Waals surface area contributed by atoms with Gasteiger partial charge in [0.15, 0.2) is 0 Å². The first-order valence-electron chi connectivity index (χ1n) is 8.71. The first-order valence-corrected chi connectivity index (χ1v) is 8.71. The number of hydrogen-bond donors (Lipinski definition) is 6. The van der Waals surface area contributed by atoms with Gasteiger partial charge in [-0.25, -0.2) is 4.79 Å². The van der Waals surface area contributed by atoms with Gasteiger partial charge in [-0.2, -0.15) is 0 Å². The molecule has 0 aromatic heterocycles. The maximum atomic E-state index is 11.9. The molecule has 0 saturated carbocycles. The number of nitrogens with one attached hydrogen (secondary N) is 1. The molecule has 0 aliphatic carbocycles. The fraction of sp³-hybridized carbons (Fsp3) is 0.556. The number of hydrogen-bond acceptors (Lipinski definition) is 8. The Bertz CT molecular complexity index is 670. The molecule has 0 bridgehead atoms. The molecule has 1 amide bonds. The Hall–Kier alpha value is -2.08. The Balaban J connectivity index is 2.31. The molecule has 6 N–H and O–H groups in total. The van der Waals surface area contributed by atoms with Crippen molar-refractivity contribution >= 4 is 11.9 Å². The van der Waals surface area contributed by atoms with Crippen molar-refractivity contribution in [1.82, 2.24) is 5.32 Å². The van der Waals surface area contributed by atoms with Gasteiger partial charge in [0.2, 0.25) is 5.91 Å². The zero-order chi connectivity index (χ0) is 20.9. The molecule has 0 spiro atoms. The Morgan fingerprint density at radius 1 is 1.32 bits per heavy atom. The van der Waals surface area contributed by atoms with Gasteiger partial charge in [-0.15, -0.1) is 0 Å². The monoisotopic (exact) mass is 399 g/mol. The van der Waals surface area contributed by atoms with Crippen molar-refractivity contribution in [3.05, 3.63) is 35.9 Å². The van der Waals surface area contributed by atoms with Crippen LogP contribution in [-0.4, -0.2) is 80.3 Å². The zero-order valence-corrected chi connectivity index (χ0v) is 15.3. The molecule has 156 valence electrons. The predicted molar refractivity (Wildman–Crippen MR) is 93.8 cm³/mol. The van der Waals surface area contributed by atoms with Gasteiger partial charge in [-0.05, 0) is 5.56 Å². The largest absolute Gasteiger partial charge is 0.477 e. The molecular formula is C18H25NO9. The second-order valence-electron chi connectivity index (χ2n) is 6.65. The molecule has 1 fully saturated rings. The lowest BCUT2D eigenvalue weighted by atomic mass is 9.88. The molecule has 1 aliphatic rings. The third-order valence-electron chi connectivity index (χ3n) is 4.50. The Kier molecular flexibility index (Phi) is 7.47. The molecule has 6 atom stereocenters. The summed E-state index contributed by atoms with van der Waals surface area (Å²) in [6, 6.07) is 7.44.